The number of hydrogen-bond donors (Lipinski definition) is 4. The van der Waals surface area contributed by atoms with Crippen LogP contribution in [0.4, 0.5) is 4.79 Å². The minimum Gasteiger partial charge on any atom is -0.480 e. The Morgan fingerprint density at radius 1 is 1.23 bits per heavy atom. The van der Waals surface area contributed by atoms with Crippen LogP contribution in [-0.2, 0) is 20.9 Å². The molecule has 120 valence electrons. The van der Waals surface area contributed by atoms with Gasteiger partial charge in [0.2, 0.25) is 5.91 Å². The van der Waals surface area contributed by atoms with Gasteiger partial charge in [0, 0.05) is 0 Å². The first-order valence-electron chi connectivity index (χ1n) is 6.55. The number of aliphatic carboxylic acids is 1. The SMILES string of the molecule is CC(O)C(NC(=O)CNC(=O)OCc1ccccc1)C(=O)O. The summed E-state index contributed by atoms with van der Waals surface area (Å²) in [5.74, 6) is -2.11. The van der Waals surface area contributed by atoms with Gasteiger partial charge in [-0.2, -0.15) is 0 Å². The molecule has 0 bridgehead atoms. The summed E-state index contributed by atoms with van der Waals surface area (Å²) in [5, 5.41) is 22.3. The lowest BCUT2D eigenvalue weighted by atomic mass is 10.2. The van der Waals surface area contributed by atoms with Crippen molar-refractivity contribution in [1.82, 2.24) is 10.6 Å². The highest BCUT2D eigenvalue weighted by molar-refractivity contribution is 5.86. The fraction of sp³-hybridized carbons (Fsp3) is 0.357. The smallest absolute Gasteiger partial charge is 0.407 e. The van der Waals surface area contributed by atoms with Crippen LogP contribution in [0.25, 0.3) is 0 Å². The third-order valence-corrected chi connectivity index (χ3v) is 2.67. The Kier molecular flexibility index (Phi) is 6.84. The number of carboxylic acids is 1. The van der Waals surface area contributed by atoms with Gasteiger partial charge < -0.3 is 25.6 Å². The van der Waals surface area contributed by atoms with Crippen molar-refractivity contribution < 1.29 is 29.3 Å². The molecule has 1 aromatic rings. The summed E-state index contributed by atoms with van der Waals surface area (Å²) in [4.78, 5) is 33.7. The number of aliphatic hydroxyl groups is 1. The Hall–Kier alpha value is -2.61. The molecule has 8 nitrogen and oxygen atoms in total. The van der Waals surface area contributed by atoms with Crippen LogP contribution in [0.3, 0.4) is 0 Å². The molecular weight excluding hydrogens is 292 g/mol. The molecule has 0 radical (unpaired) electrons. The monoisotopic (exact) mass is 310 g/mol. The van der Waals surface area contributed by atoms with E-state index in [1.54, 1.807) is 24.3 Å². The molecule has 1 rings (SSSR count). The van der Waals surface area contributed by atoms with Crippen molar-refractivity contribution in [2.24, 2.45) is 0 Å². The van der Waals surface area contributed by atoms with E-state index in [1.165, 1.54) is 6.92 Å². The first-order chi connectivity index (χ1) is 10.4. The number of carbonyl (C=O) groups is 3. The average Bonchev–Trinajstić information content (AvgIpc) is 2.49. The second-order valence-electron chi connectivity index (χ2n) is 4.54. The zero-order chi connectivity index (χ0) is 16.5. The number of nitrogens with one attached hydrogen (secondary N) is 2. The van der Waals surface area contributed by atoms with Crippen molar-refractivity contribution in [2.45, 2.75) is 25.7 Å². The van der Waals surface area contributed by atoms with E-state index in [-0.39, 0.29) is 6.61 Å². The maximum absolute atomic E-state index is 11.5. The fourth-order valence-electron chi connectivity index (χ4n) is 1.54. The average molecular weight is 310 g/mol. The summed E-state index contributed by atoms with van der Waals surface area (Å²) in [5.41, 5.74) is 0.794. The molecule has 2 atom stereocenters. The molecule has 0 saturated carbocycles. The van der Waals surface area contributed by atoms with Gasteiger partial charge in [-0.1, -0.05) is 30.3 Å². The highest BCUT2D eigenvalue weighted by Crippen LogP contribution is 2.00. The minimum absolute atomic E-state index is 0.0553. The molecule has 0 heterocycles. The van der Waals surface area contributed by atoms with Crippen LogP contribution in [0, 0.1) is 0 Å². The first-order valence-corrected chi connectivity index (χ1v) is 6.55. The molecule has 0 aliphatic heterocycles. The minimum atomic E-state index is -1.44. The van der Waals surface area contributed by atoms with Crippen LogP contribution in [0.15, 0.2) is 30.3 Å². The highest BCUT2D eigenvalue weighted by atomic mass is 16.5. The molecule has 2 amide bonds. The van der Waals surface area contributed by atoms with Gasteiger partial charge in [-0.3, -0.25) is 4.79 Å². The van der Waals surface area contributed by atoms with Crippen molar-refractivity contribution >= 4 is 18.0 Å². The standard InChI is InChI=1S/C14H18N2O6/c1-9(17)12(13(19)20)16-11(18)7-15-14(21)22-8-10-5-3-2-4-6-10/h2-6,9,12,17H,7-8H2,1H3,(H,15,21)(H,16,18)(H,19,20). The molecule has 8 heteroatoms. The van der Waals surface area contributed by atoms with Crippen LogP contribution in [0.5, 0.6) is 0 Å². The molecule has 0 spiro atoms. The molecule has 1 aromatic carbocycles. The summed E-state index contributed by atoms with van der Waals surface area (Å²) >= 11 is 0. The molecule has 0 aliphatic rings. The third-order valence-electron chi connectivity index (χ3n) is 2.67. The van der Waals surface area contributed by atoms with E-state index >= 15 is 0 Å². The summed E-state index contributed by atoms with van der Waals surface area (Å²) in [6.07, 6.45) is -2.06. The lowest BCUT2D eigenvalue weighted by molar-refractivity contribution is -0.144. The van der Waals surface area contributed by atoms with Crippen molar-refractivity contribution in [3.05, 3.63) is 35.9 Å². The van der Waals surface area contributed by atoms with Crippen molar-refractivity contribution in [3.8, 4) is 0 Å². The van der Waals surface area contributed by atoms with Gasteiger partial charge in [0.15, 0.2) is 6.04 Å². The van der Waals surface area contributed by atoms with E-state index in [4.69, 9.17) is 9.84 Å². The molecule has 0 aromatic heterocycles. The third kappa shape index (κ3) is 6.23. The van der Waals surface area contributed by atoms with E-state index < -0.39 is 36.7 Å². The van der Waals surface area contributed by atoms with Crippen LogP contribution in [-0.4, -0.2) is 46.9 Å². The highest BCUT2D eigenvalue weighted by Gasteiger charge is 2.24. The fourth-order valence-corrected chi connectivity index (χ4v) is 1.54. The van der Waals surface area contributed by atoms with Gasteiger partial charge in [-0.25, -0.2) is 9.59 Å². The van der Waals surface area contributed by atoms with E-state index in [1.807, 2.05) is 6.07 Å². The van der Waals surface area contributed by atoms with Gasteiger partial charge in [-0.15, -0.1) is 0 Å². The topological polar surface area (TPSA) is 125 Å². The summed E-state index contributed by atoms with van der Waals surface area (Å²) in [6.45, 7) is 0.838. The number of alkyl carbamates (subject to hydrolysis) is 1. The van der Waals surface area contributed by atoms with Gasteiger partial charge in [0.1, 0.15) is 13.2 Å². The van der Waals surface area contributed by atoms with Crippen LogP contribution in [0.2, 0.25) is 0 Å². The van der Waals surface area contributed by atoms with Crippen LogP contribution in [0.1, 0.15) is 12.5 Å². The van der Waals surface area contributed by atoms with E-state index in [0.29, 0.717) is 0 Å². The Morgan fingerprint density at radius 3 is 2.41 bits per heavy atom. The van der Waals surface area contributed by atoms with Gasteiger partial charge in [0.05, 0.1) is 6.10 Å². The predicted molar refractivity (Wildman–Crippen MR) is 75.9 cm³/mol. The first kappa shape index (κ1) is 17.4. The van der Waals surface area contributed by atoms with Crippen molar-refractivity contribution in [3.63, 3.8) is 0 Å². The Labute approximate surface area is 127 Å². The Morgan fingerprint density at radius 2 is 1.86 bits per heavy atom. The molecule has 0 aliphatic carbocycles. The van der Waals surface area contributed by atoms with Gasteiger partial charge >= 0.3 is 12.1 Å². The van der Waals surface area contributed by atoms with Crippen molar-refractivity contribution in [2.75, 3.05) is 6.54 Å². The number of hydrogen-bond acceptors (Lipinski definition) is 5. The van der Waals surface area contributed by atoms with Gasteiger partial charge in [-0.05, 0) is 12.5 Å². The van der Waals surface area contributed by atoms with Crippen LogP contribution < -0.4 is 10.6 Å². The Bertz CT molecular complexity index is 517. The lowest BCUT2D eigenvalue weighted by Crippen LogP contribution is -2.50. The van der Waals surface area contributed by atoms with Crippen LogP contribution >= 0.6 is 0 Å². The number of carboxylic acid groups (broad SMARTS) is 1. The number of aliphatic hydroxyl groups excluding tert-OH is 1. The number of benzene rings is 1. The zero-order valence-corrected chi connectivity index (χ0v) is 12.0. The predicted octanol–water partition coefficient (Wildman–Crippen LogP) is -0.137. The Balaban J connectivity index is 2.31. The quantitative estimate of drug-likeness (QED) is 0.555. The summed E-state index contributed by atoms with van der Waals surface area (Å²) < 4.78 is 4.88. The summed E-state index contributed by atoms with van der Waals surface area (Å²) in [7, 11) is 0. The molecule has 0 saturated heterocycles. The van der Waals surface area contributed by atoms with E-state index in [2.05, 4.69) is 10.6 Å². The normalized spacial score (nSPS) is 12.8. The molecule has 22 heavy (non-hydrogen) atoms. The number of ether oxygens (including phenoxy) is 1. The molecule has 4 N–H and O–H groups in total. The van der Waals surface area contributed by atoms with E-state index in [0.717, 1.165) is 5.56 Å². The summed E-state index contributed by atoms with van der Waals surface area (Å²) in [6, 6.07) is 7.54. The second-order valence-corrected chi connectivity index (χ2v) is 4.54. The zero-order valence-electron chi connectivity index (χ0n) is 12.0. The molecular formula is C14H18N2O6. The number of rotatable bonds is 7. The number of amides is 2. The number of carbonyl (C=O) groups excluding carboxylic acids is 2. The largest absolute Gasteiger partial charge is 0.480 e. The molecule has 2 unspecified atom stereocenters. The van der Waals surface area contributed by atoms with Gasteiger partial charge in [0.25, 0.3) is 0 Å². The van der Waals surface area contributed by atoms with E-state index in [9.17, 15) is 19.5 Å². The lowest BCUT2D eigenvalue weighted by Gasteiger charge is -2.17. The molecule has 0 fully saturated rings. The maximum Gasteiger partial charge on any atom is 0.407 e. The maximum atomic E-state index is 11.5. The van der Waals surface area contributed by atoms with Crippen molar-refractivity contribution in [1.29, 1.82) is 0 Å². The second kappa shape index (κ2) is 8.63.